The molecule has 88 valence electrons. The summed E-state index contributed by atoms with van der Waals surface area (Å²) < 4.78 is 0. The molecule has 0 aromatic heterocycles. The van der Waals surface area contributed by atoms with Gasteiger partial charge in [0.1, 0.15) is 6.04 Å². The van der Waals surface area contributed by atoms with Gasteiger partial charge < -0.3 is 10.0 Å². The van der Waals surface area contributed by atoms with Crippen LogP contribution in [0.25, 0.3) is 0 Å². The Kier molecular flexibility index (Phi) is 4.35. The molecule has 0 saturated carbocycles. The second kappa shape index (κ2) is 5.54. The quantitative estimate of drug-likeness (QED) is 0.830. The van der Waals surface area contributed by atoms with Crippen LogP contribution in [0.2, 0.25) is 0 Å². The van der Waals surface area contributed by atoms with Crippen LogP contribution in [0, 0.1) is 0 Å². The third-order valence-corrected chi connectivity index (χ3v) is 2.85. The van der Waals surface area contributed by atoms with Gasteiger partial charge in [0.25, 0.3) is 0 Å². The van der Waals surface area contributed by atoms with Crippen LogP contribution in [0.3, 0.4) is 0 Å². The number of hydrogen-bond donors (Lipinski definition) is 1. The van der Waals surface area contributed by atoms with Crippen molar-refractivity contribution in [2.75, 3.05) is 11.4 Å². The molecule has 3 nitrogen and oxygen atoms in total. The van der Waals surface area contributed by atoms with E-state index in [0.29, 0.717) is 6.54 Å². The zero-order valence-electron chi connectivity index (χ0n) is 10.1. The molecule has 1 unspecified atom stereocenters. The Hall–Kier alpha value is -1.51. The molecule has 0 aliphatic rings. The molecule has 0 aliphatic heterocycles. The van der Waals surface area contributed by atoms with Gasteiger partial charge >= 0.3 is 5.97 Å². The van der Waals surface area contributed by atoms with E-state index in [2.05, 4.69) is 6.92 Å². The number of nitrogens with zero attached hydrogens (tertiary/aromatic N) is 1. The average Bonchev–Trinajstić information content (AvgIpc) is 2.30. The summed E-state index contributed by atoms with van der Waals surface area (Å²) in [6.45, 7) is 6.48. The lowest BCUT2D eigenvalue weighted by atomic mass is 10.1. The maximum Gasteiger partial charge on any atom is 0.326 e. The van der Waals surface area contributed by atoms with Crippen molar-refractivity contribution in [1.29, 1.82) is 0 Å². The molecule has 3 heteroatoms. The van der Waals surface area contributed by atoms with E-state index in [1.165, 1.54) is 5.56 Å². The molecule has 0 saturated heterocycles. The Balaban J connectivity index is 3.07. The Bertz CT molecular complexity index is 363. The monoisotopic (exact) mass is 221 g/mol. The van der Waals surface area contributed by atoms with Crippen molar-refractivity contribution in [3.63, 3.8) is 0 Å². The summed E-state index contributed by atoms with van der Waals surface area (Å²) in [6, 6.07) is 7.49. The highest BCUT2D eigenvalue weighted by atomic mass is 16.4. The highest BCUT2D eigenvalue weighted by Gasteiger charge is 2.20. The molecule has 1 atom stereocenters. The average molecular weight is 221 g/mol. The first kappa shape index (κ1) is 12.6. The Labute approximate surface area is 96.7 Å². The molecule has 1 aromatic rings. The summed E-state index contributed by atoms with van der Waals surface area (Å²) in [4.78, 5) is 12.9. The van der Waals surface area contributed by atoms with Crippen LogP contribution >= 0.6 is 0 Å². The Morgan fingerprint density at radius 3 is 2.50 bits per heavy atom. The van der Waals surface area contributed by atoms with Crippen LogP contribution in [0.1, 0.15) is 26.3 Å². The van der Waals surface area contributed by atoms with E-state index in [0.717, 1.165) is 12.1 Å². The lowest BCUT2D eigenvalue weighted by Crippen LogP contribution is -2.39. The predicted octanol–water partition coefficient (Wildman–Crippen LogP) is 2.55. The summed E-state index contributed by atoms with van der Waals surface area (Å²) >= 11 is 0. The van der Waals surface area contributed by atoms with Crippen LogP contribution in [0.5, 0.6) is 0 Å². The fourth-order valence-electron chi connectivity index (χ4n) is 1.88. The largest absolute Gasteiger partial charge is 0.480 e. The van der Waals surface area contributed by atoms with Gasteiger partial charge in [-0.25, -0.2) is 4.79 Å². The number of carboxylic acids is 1. The van der Waals surface area contributed by atoms with Gasteiger partial charge in [0.05, 0.1) is 0 Å². The van der Waals surface area contributed by atoms with Gasteiger partial charge in [-0.2, -0.15) is 0 Å². The van der Waals surface area contributed by atoms with Gasteiger partial charge in [-0.05, 0) is 31.9 Å². The number of aliphatic carboxylic acids is 1. The number of rotatable bonds is 5. The van der Waals surface area contributed by atoms with Crippen molar-refractivity contribution >= 4 is 11.7 Å². The number of carboxylic acid groups (broad SMARTS) is 1. The standard InChI is InChI=1S/C13H19NO2/c1-4-11-8-6-7-9-12(11)14(5-2)10(3)13(15)16/h6-10H,4-5H2,1-3H3,(H,15,16). The fraction of sp³-hybridized carbons (Fsp3) is 0.462. The number of aryl methyl sites for hydroxylation is 1. The number of anilines is 1. The highest BCUT2D eigenvalue weighted by Crippen LogP contribution is 2.22. The molecule has 1 aromatic carbocycles. The highest BCUT2D eigenvalue weighted by molar-refractivity contribution is 5.78. The van der Waals surface area contributed by atoms with Crippen molar-refractivity contribution in [3.8, 4) is 0 Å². The molecule has 0 heterocycles. The van der Waals surface area contributed by atoms with Gasteiger partial charge in [0, 0.05) is 12.2 Å². The predicted molar refractivity (Wildman–Crippen MR) is 65.9 cm³/mol. The number of hydrogen-bond acceptors (Lipinski definition) is 2. The normalized spacial score (nSPS) is 12.2. The smallest absolute Gasteiger partial charge is 0.326 e. The topological polar surface area (TPSA) is 40.5 Å². The van der Waals surface area contributed by atoms with E-state index < -0.39 is 12.0 Å². The zero-order valence-corrected chi connectivity index (χ0v) is 10.1. The van der Waals surface area contributed by atoms with Gasteiger partial charge in [0.15, 0.2) is 0 Å². The number of para-hydroxylation sites is 1. The zero-order chi connectivity index (χ0) is 12.1. The van der Waals surface area contributed by atoms with Gasteiger partial charge in [-0.1, -0.05) is 25.1 Å². The fourth-order valence-corrected chi connectivity index (χ4v) is 1.88. The maximum absolute atomic E-state index is 11.0. The maximum atomic E-state index is 11.0. The number of carbonyl (C=O) groups is 1. The number of likely N-dealkylation sites (N-methyl/N-ethyl adjacent to an activating group) is 1. The summed E-state index contributed by atoms with van der Waals surface area (Å²) in [5, 5.41) is 9.07. The number of benzene rings is 1. The Morgan fingerprint density at radius 1 is 1.38 bits per heavy atom. The molecule has 0 bridgehead atoms. The van der Waals surface area contributed by atoms with Crippen LogP contribution in [0.4, 0.5) is 5.69 Å². The first-order chi connectivity index (χ1) is 7.61. The minimum absolute atomic E-state index is 0.488. The molecule has 0 amide bonds. The van der Waals surface area contributed by atoms with Gasteiger partial charge in [0.2, 0.25) is 0 Å². The van der Waals surface area contributed by atoms with Crippen molar-refractivity contribution in [1.82, 2.24) is 0 Å². The Morgan fingerprint density at radius 2 is 2.00 bits per heavy atom. The summed E-state index contributed by atoms with van der Waals surface area (Å²) in [5.41, 5.74) is 2.22. The lowest BCUT2D eigenvalue weighted by molar-refractivity contribution is -0.138. The van der Waals surface area contributed by atoms with Crippen LogP contribution in [0.15, 0.2) is 24.3 Å². The van der Waals surface area contributed by atoms with Crippen molar-refractivity contribution in [3.05, 3.63) is 29.8 Å². The van der Waals surface area contributed by atoms with Crippen LogP contribution < -0.4 is 4.90 Å². The molecule has 1 rings (SSSR count). The van der Waals surface area contributed by atoms with Crippen LogP contribution in [-0.2, 0) is 11.2 Å². The first-order valence-corrected chi connectivity index (χ1v) is 5.69. The van der Waals surface area contributed by atoms with Gasteiger partial charge in [-0.3, -0.25) is 0 Å². The second-order valence-corrected chi connectivity index (χ2v) is 3.78. The molecule has 16 heavy (non-hydrogen) atoms. The second-order valence-electron chi connectivity index (χ2n) is 3.78. The summed E-state index contributed by atoms with van der Waals surface area (Å²) in [5.74, 6) is -0.784. The summed E-state index contributed by atoms with van der Waals surface area (Å²) in [7, 11) is 0. The minimum atomic E-state index is -0.784. The van der Waals surface area contributed by atoms with E-state index in [-0.39, 0.29) is 0 Å². The molecule has 0 aliphatic carbocycles. The van der Waals surface area contributed by atoms with E-state index >= 15 is 0 Å². The van der Waals surface area contributed by atoms with E-state index in [1.807, 2.05) is 36.1 Å². The third kappa shape index (κ3) is 2.54. The van der Waals surface area contributed by atoms with Gasteiger partial charge in [-0.15, -0.1) is 0 Å². The molecular weight excluding hydrogens is 202 g/mol. The van der Waals surface area contributed by atoms with Crippen molar-refractivity contribution in [2.24, 2.45) is 0 Å². The minimum Gasteiger partial charge on any atom is -0.480 e. The molecule has 1 N–H and O–H groups in total. The molecule has 0 spiro atoms. The van der Waals surface area contributed by atoms with E-state index in [1.54, 1.807) is 6.92 Å². The molecule has 0 radical (unpaired) electrons. The molecular formula is C13H19NO2. The lowest BCUT2D eigenvalue weighted by Gasteiger charge is -2.29. The van der Waals surface area contributed by atoms with E-state index in [9.17, 15) is 4.79 Å². The molecule has 0 fully saturated rings. The summed E-state index contributed by atoms with van der Waals surface area (Å²) in [6.07, 6.45) is 0.916. The van der Waals surface area contributed by atoms with Crippen LogP contribution in [-0.4, -0.2) is 23.7 Å². The third-order valence-electron chi connectivity index (χ3n) is 2.85. The van der Waals surface area contributed by atoms with Crippen molar-refractivity contribution < 1.29 is 9.90 Å². The first-order valence-electron chi connectivity index (χ1n) is 5.69. The SMILES string of the molecule is CCc1ccccc1N(CC)C(C)C(=O)O. The van der Waals surface area contributed by atoms with E-state index in [4.69, 9.17) is 5.11 Å². The van der Waals surface area contributed by atoms with Crippen molar-refractivity contribution in [2.45, 2.75) is 33.2 Å².